The van der Waals surface area contributed by atoms with Gasteiger partial charge in [-0.25, -0.2) is 0 Å². The highest BCUT2D eigenvalue weighted by molar-refractivity contribution is 4.81. The van der Waals surface area contributed by atoms with Crippen molar-refractivity contribution in [2.45, 2.75) is 25.0 Å². The van der Waals surface area contributed by atoms with E-state index in [1.54, 1.807) is 0 Å². The molecule has 1 aliphatic heterocycles. The van der Waals surface area contributed by atoms with Crippen LogP contribution in [0.4, 0.5) is 0 Å². The topological polar surface area (TPSA) is 43.7 Å². The van der Waals surface area contributed by atoms with Crippen LogP contribution < -0.4 is 0 Å². The van der Waals surface area contributed by atoms with Gasteiger partial charge in [-0.1, -0.05) is 0 Å². The minimum atomic E-state index is -0.549. The van der Waals surface area contributed by atoms with Crippen molar-refractivity contribution in [2.75, 3.05) is 20.2 Å². The SMILES string of the molecule is CN1CCCC1C(O)CO. The van der Waals surface area contributed by atoms with Gasteiger partial charge in [0.05, 0.1) is 12.7 Å². The molecule has 0 saturated carbocycles. The first-order valence-corrected chi connectivity index (χ1v) is 3.75. The van der Waals surface area contributed by atoms with E-state index in [1.807, 2.05) is 7.05 Å². The predicted octanol–water partition coefficient (Wildman–Crippen LogP) is -0.566. The molecule has 1 aliphatic rings. The number of aliphatic hydroxyl groups excluding tert-OH is 2. The molecule has 0 bridgehead atoms. The van der Waals surface area contributed by atoms with E-state index >= 15 is 0 Å². The third-order valence-electron chi connectivity index (χ3n) is 2.21. The van der Waals surface area contributed by atoms with Crippen LogP contribution in [0, 0.1) is 0 Å². The van der Waals surface area contributed by atoms with Crippen molar-refractivity contribution >= 4 is 0 Å². The minimum absolute atomic E-state index is 0.116. The Hall–Kier alpha value is -0.120. The van der Waals surface area contributed by atoms with Gasteiger partial charge in [0.15, 0.2) is 0 Å². The quantitative estimate of drug-likeness (QED) is 0.547. The van der Waals surface area contributed by atoms with Crippen LogP contribution in [-0.2, 0) is 0 Å². The van der Waals surface area contributed by atoms with E-state index in [0.717, 1.165) is 19.4 Å². The van der Waals surface area contributed by atoms with Gasteiger partial charge in [0.2, 0.25) is 0 Å². The molecule has 0 spiro atoms. The second-order valence-electron chi connectivity index (χ2n) is 2.94. The first-order valence-electron chi connectivity index (χ1n) is 3.75. The lowest BCUT2D eigenvalue weighted by atomic mass is 10.1. The number of aliphatic hydroxyl groups is 2. The number of hydrogen-bond donors (Lipinski definition) is 2. The molecular weight excluding hydrogens is 130 g/mol. The van der Waals surface area contributed by atoms with Gasteiger partial charge in [-0.05, 0) is 26.4 Å². The zero-order valence-electron chi connectivity index (χ0n) is 6.32. The molecule has 1 rings (SSSR count). The molecule has 1 saturated heterocycles. The van der Waals surface area contributed by atoms with Gasteiger partial charge in [0, 0.05) is 6.04 Å². The van der Waals surface area contributed by atoms with Crippen LogP contribution in [0.25, 0.3) is 0 Å². The fourth-order valence-electron chi connectivity index (χ4n) is 1.54. The standard InChI is InChI=1S/C7H15NO2/c1-8-4-2-3-6(8)7(10)5-9/h6-7,9-10H,2-5H2,1H3. The van der Waals surface area contributed by atoms with Gasteiger partial charge in [0.25, 0.3) is 0 Å². The normalized spacial score (nSPS) is 30.9. The highest BCUT2D eigenvalue weighted by Gasteiger charge is 2.26. The Balaban J connectivity index is 2.38. The van der Waals surface area contributed by atoms with Crippen molar-refractivity contribution in [3.63, 3.8) is 0 Å². The zero-order chi connectivity index (χ0) is 7.56. The molecule has 2 N–H and O–H groups in total. The van der Waals surface area contributed by atoms with Gasteiger partial charge in [-0.3, -0.25) is 0 Å². The van der Waals surface area contributed by atoms with E-state index < -0.39 is 6.10 Å². The fraction of sp³-hybridized carbons (Fsp3) is 1.00. The lowest BCUT2D eigenvalue weighted by Gasteiger charge is -2.23. The molecule has 0 radical (unpaired) electrons. The molecule has 60 valence electrons. The second-order valence-corrected chi connectivity index (χ2v) is 2.94. The highest BCUT2D eigenvalue weighted by Crippen LogP contribution is 2.17. The summed E-state index contributed by atoms with van der Waals surface area (Å²) in [6.45, 7) is 0.927. The van der Waals surface area contributed by atoms with Crippen molar-refractivity contribution in [1.29, 1.82) is 0 Å². The third kappa shape index (κ3) is 1.48. The Labute approximate surface area is 61.3 Å². The monoisotopic (exact) mass is 145 g/mol. The summed E-state index contributed by atoms with van der Waals surface area (Å²) in [4.78, 5) is 2.10. The van der Waals surface area contributed by atoms with E-state index in [2.05, 4.69) is 4.90 Å². The summed E-state index contributed by atoms with van der Waals surface area (Å²) in [5, 5.41) is 17.9. The summed E-state index contributed by atoms with van der Waals surface area (Å²) in [5.74, 6) is 0. The van der Waals surface area contributed by atoms with Crippen LogP contribution in [-0.4, -0.2) is 47.5 Å². The van der Waals surface area contributed by atoms with Gasteiger partial charge in [-0.15, -0.1) is 0 Å². The minimum Gasteiger partial charge on any atom is -0.394 e. The molecule has 0 aliphatic carbocycles. The van der Waals surface area contributed by atoms with Gasteiger partial charge in [0.1, 0.15) is 0 Å². The molecule has 3 heteroatoms. The van der Waals surface area contributed by atoms with E-state index in [4.69, 9.17) is 5.11 Å². The van der Waals surface area contributed by atoms with Crippen LogP contribution in [0.3, 0.4) is 0 Å². The highest BCUT2D eigenvalue weighted by atomic mass is 16.3. The Morgan fingerprint density at radius 2 is 2.40 bits per heavy atom. The molecular formula is C7H15NO2. The maximum absolute atomic E-state index is 9.24. The van der Waals surface area contributed by atoms with Crippen LogP contribution in [0.5, 0.6) is 0 Å². The largest absolute Gasteiger partial charge is 0.394 e. The third-order valence-corrected chi connectivity index (χ3v) is 2.21. The molecule has 2 unspecified atom stereocenters. The number of rotatable bonds is 2. The van der Waals surface area contributed by atoms with E-state index in [9.17, 15) is 5.11 Å². The van der Waals surface area contributed by atoms with Gasteiger partial charge in [-0.2, -0.15) is 0 Å². The number of likely N-dealkylation sites (N-methyl/N-ethyl adjacent to an activating group) is 1. The number of nitrogens with zero attached hydrogens (tertiary/aromatic N) is 1. The molecule has 0 aromatic heterocycles. The summed E-state index contributed by atoms with van der Waals surface area (Å²) in [7, 11) is 1.98. The molecule has 0 aromatic carbocycles. The summed E-state index contributed by atoms with van der Waals surface area (Å²) in [5.41, 5.74) is 0. The molecule has 2 atom stereocenters. The molecule has 1 heterocycles. The van der Waals surface area contributed by atoms with Crippen LogP contribution in [0.2, 0.25) is 0 Å². The first-order chi connectivity index (χ1) is 4.75. The molecule has 1 fully saturated rings. The van der Waals surface area contributed by atoms with E-state index in [1.165, 1.54) is 0 Å². The van der Waals surface area contributed by atoms with Crippen molar-refractivity contribution in [3.8, 4) is 0 Å². The van der Waals surface area contributed by atoms with Gasteiger partial charge < -0.3 is 15.1 Å². The van der Waals surface area contributed by atoms with Crippen LogP contribution in [0.1, 0.15) is 12.8 Å². The Kier molecular flexibility index (Phi) is 2.65. The molecule has 0 aromatic rings. The summed E-state index contributed by atoms with van der Waals surface area (Å²) in [6, 6.07) is 0.185. The maximum Gasteiger partial charge on any atom is 0.0925 e. The fourth-order valence-corrected chi connectivity index (χ4v) is 1.54. The summed E-state index contributed by atoms with van der Waals surface area (Å²) >= 11 is 0. The van der Waals surface area contributed by atoms with Gasteiger partial charge >= 0.3 is 0 Å². The predicted molar refractivity (Wildman–Crippen MR) is 38.7 cm³/mol. The summed E-state index contributed by atoms with van der Waals surface area (Å²) in [6.07, 6.45) is 1.60. The summed E-state index contributed by atoms with van der Waals surface area (Å²) < 4.78 is 0. The Morgan fingerprint density at radius 3 is 2.80 bits per heavy atom. The zero-order valence-corrected chi connectivity index (χ0v) is 6.32. The molecule has 0 amide bonds. The Morgan fingerprint density at radius 1 is 1.70 bits per heavy atom. The Bertz CT molecular complexity index is 108. The van der Waals surface area contributed by atoms with Crippen molar-refractivity contribution in [2.24, 2.45) is 0 Å². The average Bonchev–Trinajstić information content (AvgIpc) is 2.34. The van der Waals surface area contributed by atoms with Crippen molar-refractivity contribution in [1.82, 2.24) is 4.90 Å². The number of likely N-dealkylation sites (tertiary alicyclic amines) is 1. The lowest BCUT2D eigenvalue weighted by Crippen LogP contribution is -2.38. The smallest absolute Gasteiger partial charge is 0.0925 e. The van der Waals surface area contributed by atoms with E-state index in [-0.39, 0.29) is 12.6 Å². The van der Waals surface area contributed by atoms with Crippen LogP contribution >= 0.6 is 0 Å². The maximum atomic E-state index is 9.24. The number of hydrogen-bond acceptors (Lipinski definition) is 3. The first kappa shape index (κ1) is 7.98. The van der Waals surface area contributed by atoms with Crippen molar-refractivity contribution < 1.29 is 10.2 Å². The average molecular weight is 145 g/mol. The van der Waals surface area contributed by atoms with Crippen LogP contribution in [0.15, 0.2) is 0 Å². The van der Waals surface area contributed by atoms with Crippen molar-refractivity contribution in [3.05, 3.63) is 0 Å². The van der Waals surface area contributed by atoms with E-state index in [0.29, 0.717) is 0 Å². The molecule has 3 nitrogen and oxygen atoms in total. The lowest BCUT2D eigenvalue weighted by molar-refractivity contribution is 0.0356. The second kappa shape index (κ2) is 3.32. The molecule has 10 heavy (non-hydrogen) atoms.